The smallest absolute Gasteiger partial charge is 0.231 e. The zero-order chi connectivity index (χ0) is 17.3. The van der Waals surface area contributed by atoms with E-state index >= 15 is 0 Å². The number of rotatable bonds is 4. The van der Waals surface area contributed by atoms with Gasteiger partial charge in [-0.15, -0.1) is 0 Å². The summed E-state index contributed by atoms with van der Waals surface area (Å²) in [6.07, 6.45) is 1.05. The molecule has 3 rings (SSSR count). The van der Waals surface area contributed by atoms with Crippen molar-refractivity contribution in [2.75, 3.05) is 25.6 Å². The fourth-order valence-electron chi connectivity index (χ4n) is 3.27. The number of hydrogen-bond acceptors (Lipinski definition) is 5. The Morgan fingerprint density at radius 3 is 2.58 bits per heavy atom. The van der Waals surface area contributed by atoms with Gasteiger partial charge in [0.1, 0.15) is 0 Å². The number of piperidine rings is 1. The van der Waals surface area contributed by atoms with E-state index in [2.05, 4.69) is 0 Å². The van der Waals surface area contributed by atoms with Crippen LogP contribution in [0, 0.1) is 0 Å². The molecule has 1 atom stereocenters. The largest absolute Gasteiger partial charge is 0.454 e. The Morgan fingerprint density at radius 1 is 1.25 bits per heavy atom. The zero-order valence-corrected chi connectivity index (χ0v) is 14.8. The van der Waals surface area contributed by atoms with Crippen molar-refractivity contribution < 1.29 is 22.7 Å². The normalized spacial score (nSPS) is 19.3. The third-order valence-corrected chi connectivity index (χ3v) is 7.22. The molecule has 132 valence electrons. The van der Waals surface area contributed by atoms with E-state index in [0.29, 0.717) is 37.4 Å². The van der Waals surface area contributed by atoms with Crippen LogP contribution in [-0.4, -0.2) is 50.1 Å². The van der Waals surface area contributed by atoms with Gasteiger partial charge >= 0.3 is 0 Å². The molecule has 0 saturated carbocycles. The van der Waals surface area contributed by atoms with Crippen molar-refractivity contribution in [1.29, 1.82) is 0 Å². The van der Waals surface area contributed by atoms with Crippen LogP contribution >= 0.6 is 0 Å². The Balaban J connectivity index is 1.65. The van der Waals surface area contributed by atoms with Gasteiger partial charge in [0.25, 0.3) is 0 Å². The maximum absolute atomic E-state index is 12.7. The van der Waals surface area contributed by atoms with Crippen LogP contribution in [0.25, 0.3) is 0 Å². The summed E-state index contributed by atoms with van der Waals surface area (Å²) in [7, 11) is -3.02. The van der Waals surface area contributed by atoms with E-state index in [1.165, 1.54) is 0 Å². The average Bonchev–Trinajstić information content (AvgIpc) is 3.08. The van der Waals surface area contributed by atoms with Crippen molar-refractivity contribution in [3.8, 4) is 11.5 Å². The molecule has 0 bridgehead atoms. The molecule has 0 aliphatic carbocycles. The standard InChI is InChI=1S/C17H23NO5S/c1-3-24(20,21)14-6-8-18(9-7-14)17(19)12(2)13-4-5-15-16(10-13)23-11-22-15/h4-5,10,12,14H,3,6-9,11H2,1-2H3. The molecule has 6 nitrogen and oxygen atoms in total. The van der Waals surface area contributed by atoms with Gasteiger partial charge in [-0.2, -0.15) is 0 Å². The van der Waals surface area contributed by atoms with E-state index < -0.39 is 9.84 Å². The van der Waals surface area contributed by atoms with Crippen LogP contribution in [0.1, 0.15) is 38.2 Å². The molecule has 1 amide bonds. The molecule has 1 aromatic carbocycles. The summed E-state index contributed by atoms with van der Waals surface area (Å²) in [6.45, 7) is 4.75. The molecule has 1 unspecified atom stereocenters. The Labute approximate surface area is 142 Å². The van der Waals surface area contributed by atoms with Gasteiger partial charge < -0.3 is 14.4 Å². The van der Waals surface area contributed by atoms with Crippen molar-refractivity contribution >= 4 is 15.7 Å². The molecule has 0 aromatic heterocycles. The van der Waals surface area contributed by atoms with Crippen LogP contribution in [0.4, 0.5) is 0 Å². The van der Waals surface area contributed by atoms with Gasteiger partial charge in [-0.3, -0.25) is 4.79 Å². The third-order valence-electron chi connectivity index (χ3n) is 4.93. The first-order valence-corrected chi connectivity index (χ1v) is 10.0. The third kappa shape index (κ3) is 3.22. The highest BCUT2D eigenvalue weighted by atomic mass is 32.2. The molecule has 1 fully saturated rings. The van der Waals surface area contributed by atoms with Crippen molar-refractivity contribution in [2.45, 2.75) is 37.9 Å². The van der Waals surface area contributed by atoms with Crippen LogP contribution in [0.5, 0.6) is 11.5 Å². The number of carbonyl (C=O) groups excluding carboxylic acids is 1. The fourth-order valence-corrected chi connectivity index (χ4v) is 4.67. The number of carbonyl (C=O) groups is 1. The van der Waals surface area contributed by atoms with Gasteiger partial charge in [0, 0.05) is 18.8 Å². The molecule has 1 aromatic rings. The molecule has 0 spiro atoms. The van der Waals surface area contributed by atoms with E-state index in [1.54, 1.807) is 11.8 Å². The number of ether oxygens (including phenoxy) is 2. The molecule has 2 aliphatic rings. The number of likely N-dealkylation sites (tertiary alicyclic amines) is 1. The monoisotopic (exact) mass is 353 g/mol. The average molecular weight is 353 g/mol. The lowest BCUT2D eigenvalue weighted by Crippen LogP contribution is -2.44. The van der Waals surface area contributed by atoms with Gasteiger partial charge in [-0.25, -0.2) is 8.42 Å². The van der Waals surface area contributed by atoms with Gasteiger partial charge in [-0.05, 0) is 37.5 Å². The molecule has 1 saturated heterocycles. The van der Waals surface area contributed by atoms with E-state index in [4.69, 9.17) is 9.47 Å². The molecular formula is C17H23NO5S. The predicted octanol–water partition coefficient (Wildman–Crippen LogP) is 1.94. The van der Waals surface area contributed by atoms with Gasteiger partial charge in [0.2, 0.25) is 12.7 Å². The first-order valence-electron chi connectivity index (χ1n) is 8.32. The molecule has 2 aliphatic heterocycles. The number of amides is 1. The summed E-state index contributed by atoms with van der Waals surface area (Å²) in [5.41, 5.74) is 0.882. The Morgan fingerprint density at radius 2 is 1.92 bits per heavy atom. The highest BCUT2D eigenvalue weighted by Gasteiger charge is 2.32. The number of benzene rings is 1. The topological polar surface area (TPSA) is 72.9 Å². The number of sulfone groups is 1. The Bertz CT molecular complexity index is 722. The SMILES string of the molecule is CCS(=O)(=O)C1CCN(C(=O)C(C)c2ccc3c(c2)OCO3)CC1. The Hall–Kier alpha value is -1.76. The second-order valence-corrected chi connectivity index (χ2v) is 8.88. The highest BCUT2D eigenvalue weighted by Crippen LogP contribution is 2.35. The summed E-state index contributed by atoms with van der Waals surface area (Å²) in [4.78, 5) is 14.5. The first-order chi connectivity index (χ1) is 11.4. The van der Waals surface area contributed by atoms with Crippen molar-refractivity contribution in [3.05, 3.63) is 23.8 Å². The second kappa shape index (κ2) is 6.63. The second-order valence-electron chi connectivity index (χ2n) is 6.31. The highest BCUT2D eigenvalue weighted by molar-refractivity contribution is 7.92. The number of fused-ring (bicyclic) bond motifs is 1. The molecule has 2 heterocycles. The molecule has 7 heteroatoms. The van der Waals surface area contributed by atoms with Crippen LogP contribution in [0.15, 0.2) is 18.2 Å². The molecule has 24 heavy (non-hydrogen) atoms. The quantitative estimate of drug-likeness (QED) is 0.827. The lowest BCUT2D eigenvalue weighted by molar-refractivity contribution is -0.133. The van der Waals surface area contributed by atoms with E-state index in [0.717, 1.165) is 5.56 Å². The van der Waals surface area contributed by atoms with Crippen LogP contribution in [-0.2, 0) is 14.6 Å². The van der Waals surface area contributed by atoms with Crippen molar-refractivity contribution in [2.24, 2.45) is 0 Å². The van der Waals surface area contributed by atoms with E-state index in [9.17, 15) is 13.2 Å². The van der Waals surface area contributed by atoms with Gasteiger partial charge in [-0.1, -0.05) is 13.0 Å². The summed E-state index contributed by atoms with van der Waals surface area (Å²) in [6, 6.07) is 5.55. The number of nitrogens with zero attached hydrogens (tertiary/aromatic N) is 1. The minimum atomic E-state index is -3.02. The van der Waals surface area contributed by atoms with E-state index in [-0.39, 0.29) is 29.6 Å². The van der Waals surface area contributed by atoms with Crippen LogP contribution < -0.4 is 9.47 Å². The summed E-state index contributed by atoms with van der Waals surface area (Å²) < 4.78 is 34.6. The maximum atomic E-state index is 12.7. The summed E-state index contributed by atoms with van der Waals surface area (Å²) in [5.74, 6) is 1.27. The maximum Gasteiger partial charge on any atom is 0.231 e. The van der Waals surface area contributed by atoms with Crippen molar-refractivity contribution in [1.82, 2.24) is 4.90 Å². The lowest BCUT2D eigenvalue weighted by atomic mass is 9.98. The van der Waals surface area contributed by atoms with Crippen LogP contribution in [0.2, 0.25) is 0 Å². The minimum absolute atomic E-state index is 0.0289. The molecule has 0 N–H and O–H groups in total. The predicted molar refractivity (Wildman–Crippen MR) is 90.0 cm³/mol. The van der Waals surface area contributed by atoms with Gasteiger partial charge in [0.05, 0.1) is 11.2 Å². The van der Waals surface area contributed by atoms with Crippen LogP contribution in [0.3, 0.4) is 0 Å². The van der Waals surface area contributed by atoms with Crippen molar-refractivity contribution in [3.63, 3.8) is 0 Å². The molecular weight excluding hydrogens is 330 g/mol. The minimum Gasteiger partial charge on any atom is -0.454 e. The van der Waals surface area contributed by atoms with E-state index in [1.807, 2.05) is 25.1 Å². The summed E-state index contributed by atoms with van der Waals surface area (Å²) >= 11 is 0. The van der Waals surface area contributed by atoms with Gasteiger partial charge in [0.15, 0.2) is 21.3 Å². The first kappa shape index (κ1) is 17.1. The molecule has 0 radical (unpaired) electrons. The lowest BCUT2D eigenvalue weighted by Gasteiger charge is -2.33. The summed E-state index contributed by atoms with van der Waals surface area (Å²) in [5, 5.41) is -0.313. The Kier molecular flexibility index (Phi) is 4.71. The fraction of sp³-hybridized carbons (Fsp3) is 0.588. The zero-order valence-electron chi connectivity index (χ0n) is 14.0. The number of hydrogen-bond donors (Lipinski definition) is 0.